The Bertz CT molecular complexity index is 718. The minimum atomic E-state index is -4.45. The molecular formula is C13H13F3N4OS. The Morgan fingerprint density at radius 3 is 2.59 bits per heavy atom. The third-order valence-corrected chi connectivity index (χ3v) is 3.17. The van der Waals surface area contributed by atoms with Crippen molar-refractivity contribution in [1.29, 1.82) is 0 Å². The van der Waals surface area contributed by atoms with Crippen molar-refractivity contribution in [3.8, 4) is 11.4 Å². The molecule has 2 rings (SSSR count). The molecule has 0 fully saturated rings. The molecule has 0 atom stereocenters. The molecule has 2 aromatic rings. The highest BCUT2D eigenvalue weighted by molar-refractivity contribution is 7.71. The smallest absolute Gasteiger partial charge is 0.345 e. The van der Waals surface area contributed by atoms with E-state index in [-0.39, 0.29) is 11.3 Å². The highest BCUT2D eigenvalue weighted by atomic mass is 32.1. The number of amides is 1. The lowest BCUT2D eigenvalue weighted by atomic mass is 10.1. The maximum atomic E-state index is 12.1. The van der Waals surface area contributed by atoms with Crippen molar-refractivity contribution in [3.63, 3.8) is 0 Å². The number of aromatic nitrogens is 3. The van der Waals surface area contributed by atoms with Crippen LogP contribution in [0.3, 0.4) is 0 Å². The molecule has 1 aromatic carbocycles. The second-order valence-electron chi connectivity index (χ2n) is 4.70. The van der Waals surface area contributed by atoms with Gasteiger partial charge in [-0.1, -0.05) is 29.8 Å². The first-order valence-electron chi connectivity index (χ1n) is 6.32. The molecule has 0 aliphatic carbocycles. The monoisotopic (exact) mass is 330 g/mol. The predicted octanol–water partition coefficient (Wildman–Crippen LogP) is 2.59. The maximum absolute atomic E-state index is 12.1. The number of nitrogens with zero attached hydrogens (tertiary/aromatic N) is 2. The van der Waals surface area contributed by atoms with E-state index in [1.54, 1.807) is 17.4 Å². The van der Waals surface area contributed by atoms with Gasteiger partial charge in [-0.2, -0.15) is 18.3 Å². The van der Waals surface area contributed by atoms with Crippen LogP contribution in [0.25, 0.3) is 11.4 Å². The van der Waals surface area contributed by atoms with Crippen LogP contribution in [0.5, 0.6) is 0 Å². The largest absolute Gasteiger partial charge is 0.405 e. The van der Waals surface area contributed by atoms with Crippen molar-refractivity contribution in [1.82, 2.24) is 20.1 Å². The molecule has 2 N–H and O–H groups in total. The molecule has 118 valence electrons. The van der Waals surface area contributed by atoms with Gasteiger partial charge < -0.3 is 5.32 Å². The fourth-order valence-electron chi connectivity index (χ4n) is 1.79. The second-order valence-corrected chi connectivity index (χ2v) is 5.08. The molecule has 0 saturated carbocycles. The summed E-state index contributed by atoms with van der Waals surface area (Å²) in [5, 5.41) is 8.37. The van der Waals surface area contributed by atoms with Gasteiger partial charge >= 0.3 is 6.18 Å². The number of H-pyrrole nitrogens is 1. The van der Waals surface area contributed by atoms with Gasteiger partial charge in [0.2, 0.25) is 5.91 Å². The highest BCUT2D eigenvalue weighted by Gasteiger charge is 2.27. The number of carbonyl (C=O) groups is 1. The van der Waals surface area contributed by atoms with Crippen LogP contribution < -0.4 is 5.32 Å². The van der Waals surface area contributed by atoms with Crippen LogP contribution in [0.15, 0.2) is 24.3 Å². The summed E-state index contributed by atoms with van der Waals surface area (Å²) in [6.07, 6.45) is -4.45. The van der Waals surface area contributed by atoms with Crippen molar-refractivity contribution < 1.29 is 18.0 Å². The molecule has 0 unspecified atom stereocenters. The summed E-state index contributed by atoms with van der Waals surface area (Å²) in [4.78, 5) is 11.6. The van der Waals surface area contributed by atoms with E-state index in [4.69, 9.17) is 12.2 Å². The van der Waals surface area contributed by atoms with E-state index in [1.165, 1.54) is 4.57 Å². The number of halogens is 3. The number of hydrogen-bond acceptors (Lipinski definition) is 3. The molecule has 0 radical (unpaired) electrons. The predicted molar refractivity (Wildman–Crippen MR) is 76.6 cm³/mol. The Hall–Kier alpha value is -2.16. The van der Waals surface area contributed by atoms with Crippen molar-refractivity contribution in [3.05, 3.63) is 34.6 Å². The van der Waals surface area contributed by atoms with Crippen molar-refractivity contribution in [2.24, 2.45) is 0 Å². The van der Waals surface area contributed by atoms with E-state index in [0.29, 0.717) is 11.4 Å². The van der Waals surface area contributed by atoms with Crippen molar-refractivity contribution >= 4 is 18.1 Å². The molecule has 22 heavy (non-hydrogen) atoms. The minimum absolute atomic E-state index is 0.165. The number of benzene rings is 1. The lowest BCUT2D eigenvalue weighted by molar-refractivity contribution is -0.138. The summed E-state index contributed by atoms with van der Waals surface area (Å²) < 4.78 is 37.8. The molecule has 1 amide bonds. The van der Waals surface area contributed by atoms with E-state index in [1.807, 2.05) is 19.1 Å². The first-order valence-corrected chi connectivity index (χ1v) is 6.73. The van der Waals surface area contributed by atoms with Gasteiger partial charge in [0, 0.05) is 5.56 Å². The number of alkyl halides is 3. The lowest BCUT2D eigenvalue weighted by Gasteiger charge is -2.10. The van der Waals surface area contributed by atoms with E-state index in [2.05, 4.69) is 10.2 Å². The average Bonchev–Trinajstić information content (AvgIpc) is 2.78. The molecule has 9 heteroatoms. The van der Waals surface area contributed by atoms with Gasteiger partial charge in [0.15, 0.2) is 10.6 Å². The lowest BCUT2D eigenvalue weighted by Crippen LogP contribution is -2.35. The summed E-state index contributed by atoms with van der Waals surface area (Å²) in [5.74, 6) is -0.393. The summed E-state index contributed by atoms with van der Waals surface area (Å²) in [5.41, 5.74) is 1.76. The van der Waals surface area contributed by atoms with Gasteiger partial charge in [0.1, 0.15) is 13.1 Å². The highest BCUT2D eigenvalue weighted by Crippen LogP contribution is 2.18. The Kier molecular flexibility index (Phi) is 4.65. The van der Waals surface area contributed by atoms with Crippen LogP contribution in [0.4, 0.5) is 13.2 Å². The van der Waals surface area contributed by atoms with Crippen molar-refractivity contribution in [2.45, 2.75) is 19.6 Å². The van der Waals surface area contributed by atoms with Crippen LogP contribution in [0, 0.1) is 11.7 Å². The first-order chi connectivity index (χ1) is 10.3. The summed E-state index contributed by atoms with van der Waals surface area (Å²) in [6, 6.07) is 7.32. The first kappa shape index (κ1) is 16.2. The van der Waals surface area contributed by atoms with Crippen LogP contribution in [0.2, 0.25) is 0 Å². The Morgan fingerprint density at radius 1 is 1.36 bits per heavy atom. The van der Waals surface area contributed by atoms with Gasteiger partial charge in [-0.3, -0.25) is 14.5 Å². The fourth-order valence-corrected chi connectivity index (χ4v) is 1.98. The molecule has 0 saturated heterocycles. The molecule has 5 nitrogen and oxygen atoms in total. The van der Waals surface area contributed by atoms with Gasteiger partial charge in [0.25, 0.3) is 0 Å². The zero-order valence-corrected chi connectivity index (χ0v) is 12.4. The minimum Gasteiger partial charge on any atom is -0.345 e. The number of aromatic amines is 1. The summed E-state index contributed by atoms with van der Waals surface area (Å²) >= 11 is 5.02. The average molecular weight is 330 g/mol. The van der Waals surface area contributed by atoms with Gasteiger partial charge in [-0.05, 0) is 19.1 Å². The molecule has 0 bridgehead atoms. The number of aryl methyl sites for hydroxylation is 1. The zero-order chi connectivity index (χ0) is 16.3. The van der Waals surface area contributed by atoms with E-state index in [9.17, 15) is 18.0 Å². The standard InChI is InChI=1S/C13H13F3N4OS/c1-8-2-4-9(5-3-8)11-18-19-12(22)20(11)6-10(21)17-7-13(14,15)16/h2-5H,6-7H2,1H3,(H,17,21)(H,19,22). The van der Waals surface area contributed by atoms with Gasteiger partial charge in [0.05, 0.1) is 0 Å². The van der Waals surface area contributed by atoms with Crippen LogP contribution in [0.1, 0.15) is 5.56 Å². The third kappa shape index (κ3) is 4.17. The normalized spacial score (nSPS) is 11.5. The molecule has 0 spiro atoms. The van der Waals surface area contributed by atoms with E-state index in [0.717, 1.165) is 5.56 Å². The van der Waals surface area contributed by atoms with Crippen LogP contribution in [-0.4, -0.2) is 33.4 Å². The summed E-state index contributed by atoms with van der Waals surface area (Å²) in [7, 11) is 0. The third-order valence-electron chi connectivity index (χ3n) is 2.86. The quantitative estimate of drug-likeness (QED) is 0.847. The SMILES string of the molecule is Cc1ccc(-c2n[nH]c(=S)n2CC(=O)NCC(F)(F)F)cc1. The molecule has 0 aliphatic rings. The molecule has 0 aliphatic heterocycles. The molecular weight excluding hydrogens is 317 g/mol. The van der Waals surface area contributed by atoms with E-state index >= 15 is 0 Å². The van der Waals surface area contributed by atoms with Crippen molar-refractivity contribution in [2.75, 3.05) is 6.54 Å². The summed E-state index contributed by atoms with van der Waals surface area (Å²) in [6.45, 7) is 0.205. The number of nitrogens with one attached hydrogen (secondary N) is 2. The second kappa shape index (κ2) is 6.30. The van der Waals surface area contributed by atoms with Crippen LogP contribution in [-0.2, 0) is 11.3 Å². The van der Waals surface area contributed by atoms with Gasteiger partial charge in [-0.15, -0.1) is 0 Å². The van der Waals surface area contributed by atoms with Gasteiger partial charge in [-0.25, -0.2) is 0 Å². The zero-order valence-electron chi connectivity index (χ0n) is 11.6. The Balaban J connectivity index is 2.18. The van der Waals surface area contributed by atoms with E-state index < -0.39 is 18.6 Å². The van der Waals surface area contributed by atoms with Crippen LogP contribution >= 0.6 is 12.2 Å². The number of rotatable bonds is 4. The molecule has 1 heterocycles. The molecule has 1 aromatic heterocycles. The number of hydrogen-bond donors (Lipinski definition) is 2. The maximum Gasteiger partial charge on any atom is 0.405 e. The number of carbonyl (C=O) groups excluding carboxylic acids is 1. The Labute approximate surface area is 129 Å². The fraction of sp³-hybridized carbons (Fsp3) is 0.308. The Morgan fingerprint density at radius 2 is 2.00 bits per heavy atom. The topological polar surface area (TPSA) is 62.7 Å².